The summed E-state index contributed by atoms with van der Waals surface area (Å²) < 4.78 is 0. The second-order valence-electron chi connectivity index (χ2n) is 4.62. The first-order valence-corrected chi connectivity index (χ1v) is 6.73. The minimum absolute atomic E-state index is 0.115. The number of aromatic nitrogens is 3. The molecule has 0 aliphatic carbocycles. The van der Waals surface area contributed by atoms with Gasteiger partial charge in [0.2, 0.25) is 11.9 Å². The van der Waals surface area contributed by atoms with Gasteiger partial charge in [-0.15, -0.1) is 0 Å². The molecule has 1 aromatic carbocycles. The average molecular weight is 278 g/mol. The average Bonchev–Trinajstić information content (AvgIpc) is 2.54. The molecule has 2 heterocycles. The normalized spacial score (nSPS) is 10.5. The lowest BCUT2D eigenvalue weighted by molar-refractivity contribution is -0.116. The second-order valence-corrected chi connectivity index (χ2v) is 4.62. The largest absolute Gasteiger partial charge is 0.295 e. The van der Waals surface area contributed by atoms with Crippen molar-refractivity contribution in [2.45, 2.75) is 12.8 Å². The van der Waals surface area contributed by atoms with Crippen LogP contribution >= 0.6 is 0 Å². The monoisotopic (exact) mass is 278 g/mol. The zero-order chi connectivity index (χ0) is 14.5. The van der Waals surface area contributed by atoms with Gasteiger partial charge in [0.05, 0.1) is 5.52 Å². The highest BCUT2D eigenvalue weighted by Gasteiger charge is 2.05. The number of para-hydroxylation sites is 1. The summed E-state index contributed by atoms with van der Waals surface area (Å²) in [6.45, 7) is 0. The van der Waals surface area contributed by atoms with Gasteiger partial charge in [0.25, 0.3) is 0 Å². The van der Waals surface area contributed by atoms with Crippen LogP contribution in [0.4, 0.5) is 5.95 Å². The van der Waals surface area contributed by atoms with Gasteiger partial charge in [-0.25, -0.2) is 9.97 Å². The predicted molar refractivity (Wildman–Crippen MR) is 80.7 cm³/mol. The standard InChI is InChI=1S/C16H14N4O/c21-15(20-16-17-10-3-11-18-16)9-8-13-7-6-12-4-1-2-5-14(12)19-13/h1-7,10-11H,8-9H2,(H,17,18,20,21). The second kappa shape index (κ2) is 6.09. The van der Waals surface area contributed by atoms with Gasteiger partial charge in [-0.05, 0) is 24.6 Å². The fourth-order valence-corrected chi connectivity index (χ4v) is 2.04. The van der Waals surface area contributed by atoms with Gasteiger partial charge in [0, 0.05) is 29.9 Å². The van der Waals surface area contributed by atoms with Gasteiger partial charge >= 0.3 is 0 Å². The van der Waals surface area contributed by atoms with E-state index < -0.39 is 0 Å². The predicted octanol–water partition coefficient (Wildman–Crippen LogP) is 2.60. The number of anilines is 1. The van der Waals surface area contributed by atoms with E-state index in [0.29, 0.717) is 18.8 Å². The molecule has 21 heavy (non-hydrogen) atoms. The Hall–Kier alpha value is -2.82. The summed E-state index contributed by atoms with van der Waals surface area (Å²) in [5, 5.41) is 3.76. The van der Waals surface area contributed by atoms with Crippen LogP contribution < -0.4 is 5.32 Å². The SMILES string of the molecule is O=C(CCc1ccc2ccccc2n1)Nc1ncccn1. The quantitative estimate of drug-likeness (QED) is 0.796. The lowest BCUT2D eigenvalue weighted by atomic mass is 10.1. The van der Waals surface area contributed by atoms with E-state index in [9.17, 15) is 4.79 Å². The molecule has 2 aromatic heterocycles. The molecule has 104 valence electrons. The van der Waals surface area contributed by atoms with E-state index in [1.54, 1.807) is 18.5 Å². The maximum absolute atomic E-state index is 11.8. The lowest BCUT2D eigenvalue weighted by Gasteiger charge is -2.04. The number of benzene rings is 1. The van der Waals surface area contributed by atoms with Crippen LogP contribution in [0.1, 0.15) is 12.1 Å². The van der Waals surface area contributed by atoms with Crippen molar-refractivity contribution < 1.29 is 4.79 Å². The molecule has 5 nitrogen and oxygen atoms in total. The summed E-state index contributed by atoms with van der Waals surface area (Å²) in [6, 6.07) is 13.6. The summed E-state index contributed by atoms with van der Waals surface area (Å²) in [5.74, 6) is 0.213. The lowest BCUT2D eigenvalue weighted by Crippen LogP contribution is -2.14. The smallest absolute Gasteiger partial charge is 0.229 e. The highest BCUT2D eigenvalue weighted by atomic mass is 16.1. The number of hydrogen-bond acceptors (Lipinski definition) is 4. The van der Waals surface area contributed by atoms with Crippen molar-refractivity contribution in [2.24, 2.45) is 0 Å². The maximum atomic E-state index is 11.8. The number of pyridine rings is 1. The van der Waals surface area contributed by atoms with Crippen LogP contribution in [0.2, 0.25) is 0 Å². The molecular weight excluding hydrogens is 264 g/mol. The first-order chi connectivity index (χ1) is 10.3. The number of rotatable bonds is 4. The summed E-state index contributed by atoms with van der Waals surface area (Å²) >= 11 is 0. The summed E-state index contributed by atoms with van der Waals surface area (Å²) in [4.78, 5) is 24.3. The first-order valence-electron chi connectivity index (χ1n) is 6.73. The van der Waals surface area contributed by atoms with E-state index in [2.05, 4.69) is 20.3 Å². The highest BCUT2D eigenvalue weighted by molar-refractivity contribution is 5.89. The number of amides is 1. The number of nitrogens with one attached hydrogen (secondary N) is 1. The molecule has 0 unspecified atom stereocenters. The molecule has 0 saturated heterocycles. The van der Waals surface area contributed by atoms with Crippen LogP contribution in [0.3, 0.4) is 0 Å². The van der Waals surface area contributed by atoms with Crippen LogP contribution in [0.5, 0.6) is 0 Å². The van der Waals surface area contributed by atoms with Crippen LogP contribution in [0.25, 0.3) is 10.9 Å². The Kier molecular flexibility index (Phi) is 3.82. The third-order valence-electron chi connectivity index (χ3n) is 3.08. The molecule has 0 fully saturated rings. The number of carbonyl (C=O) groups excluding carboxylic acids is 1. The fourth-order valence-electron chi connectivity index (χ4n) is 2.04. The molecule has 3 aromatic rings. The zero-order valence-corrected chi connectivity index (χ0v) is 11.4. The van der Waals surface area contributed by atoms with E-state index in [0.717, 1.165) is 16.6 Å². The number of aryl methyl sites for hydroxylation is 1. The number of carbonyl (C=O) groups is 1. The van der Waals surface area contributed by atoms with Crippen LogP contribution in [-0.4, -0.2) is 20.9 Å². The van der Waals surface area contributed by atoms with E-state index in [-0.39, 0.29) is 5.91 Å². The first kappa shape index (κ1) is 13.2. The Morgan fingerprint density at radius 2 is 1.81 bits per heavy atom. The van der Waals surface area contributed by atoms with Gasteiger partial charge in [0.1, 0.15) is 0 Å². The Balaban J connectivity index is 1.62. The summed E-state index contributed by atoms with van der Waals surface area (Å²) in [5.41, 5.74) is 1.85. The van der Waals surface area contributed by atoms with Crippen LogP contribution in [0.15, 0.2) is 54.9 Å². The molecule has 0 bridgehead atoms. The highest BCUT2D eigenvalue weighted by Crippen LogP contribution is 2.12. The van der Waals surface area contributed by atoms with Gasteiger partial charge in [-0.3, -0.25) is 15.1 Å². The molecule has 5 heteroatoms. The Labute approximate surface area is 122 Å². The molecule has 0 spiro atoms. The van der Waals surface area contributed by atoms with E-state index in [1.165, 1.54) is 0 Å². The van der Waals surface area contributed by atoms with E-state index in [4.69, 9.17) is 0 Å². The van der Waals surface area contributed by atoms with Gasteiger partial charge in [-0.2, -0.15) is 0 Å². The van der Waals surface area contributed by atoms with Crippen LogP contribution in [0, 0.1) is 0 Å². The number of hydrogen-bond donors (Lipinski definition) is 1. The van der Waals surface area contributed by atoms with Crippen molar-refractivity contribution in [3.8, 4) is 0 Å². The van der Waals surface area contributed by atoms with Gasteiger partial charge in [0.15, 0.2) is 0 Å². The molecule has 0 aliphatic rings. The fraction of sp³-hybridized carbons (Fsp3) is 0.125. The molecule has 1 amide bonds. The third kappa shape index (κ3) is 3.39. The molecule has 1 N–H and O–H groups in total. The molecular formula is C16H14N4O. The minimum Gasteiger partial charge on any atom is -0.295 e. The Bertz CT molecular complexity index is 758. The van der Waals surface area contributed by atoms with E-state index in [1.807, 2.05) is 36.4 Å². The number of nitrogens with zero attached hydrogens (tertiary/aromatic N) is 3. The van der Waals surface area contributed by atoms with Crippen molar-refractivity contribution in [2.75, 3.05) is 5.32 Å². The Morgan fingerprint density at radius 3 is 2.67 bits per heavy atom. The third-order valence-corrected chi connectivity index (χ3v) is 3.08. The Morgan fingerprint density at radius 1 is 1.00 bits per heavy atom. The summed E-state index contributed by atoms with van der Waals surface area (Å²) in [7, 11) is 0. The van der Waals surface area contributed by atoms with Gasteiger partial charge in [-0.1, -0.05) is 24.3 Å². The maximum Gasteiger partial charge on any atom is 0.229 e. The van der Waals surface area contributed by atoms with Crippen molar-refractivity contribution in [1.82, 2.24) is 15.0 Å². The van der Waals surface area contributed by atoms with Crippen molar-refractivity contribution >= 4 is 22.8 Å². The summed E-state index contributed by atoms with van der Waals surface area (Å²) in [6.07, 6.45) is 4.12. The molecule has 0 atom stereocenters. The zero-order valence-electron chi connectivity index (χ0n) is 11.4. The molecule has 3 rings (SSSR count). The minimum atomic E-state index is -0.115. The van der Waals surface area contributed by atoms with Crippen LogP contribution in [-0.2, 0) is 11.2 Å². The van der Waals surface area contributed by atoms with Gasteiger partial charge < -0.3 is 0 Å². The topological polar surface area (TPSA) is 67.8 Å². The number of fused-ring (bicyclic) bond motifs is 1. The molecule has 0 radical (unpaired) electrons. The van der Waals surface area contributed by atoms with Crippen molar-refractivity contribution in [3.63, 3.8) is 0 Å². The molecule has 0 aliphatic heterocycles. The van der Waals surface area contributed by atoms with Crippen molar-refractivity contribution in [1.29, 1.82) is 0 Å². The van der Waals surface area contributed by atoms with Crippen molar-refractivity contribution in [3.05, 3.63) is 60.6 Å². The molecule has 0 saturated carbocycles. The van der Waals surface area contributed by atoms with E-state index >= 15 is 0 Å².